The van der Waals surface area contributed by atoms with Gasteiger partial charge in [0.1, 0.15) is 5.82 Å². The van der Waals surface area contributed by atoms with E-state index in [1.807, 2.05) is 12.4 Å². The summed E-state index contributed by atoms with van der Waals surface area (Å²) in [6.45, 7) is 8.21. The maximum atomic E-state index is 5.25. The van der Waals surface area contributed by atoms with Crippen LogP contribution in [0.1, 0.15) is 56.7 Å². The standard InChI is InChI=1S/C26H39N5O/c1-17-13-29-26(31-23-9-7-22(8-10-23)30-18(2)16-32-4)12-24(17)21-11-25(19(3)27-15-21)28-14-20-5-6-20/h11-13,15,18,20,22-23,28,30H,5-10,14,16H2,1-4H3,(H,29,31)/t18-,22?,23?/m0/s1. The second-order valence-electron chi connectivity index (χ2n) is 9.78. The van der Waals surface area contributed by atoms with Crippen molar-refractivity contribution in [3.63, 3.8) is 0 Å². The Labute approximate surface area is 193 Å². The van der Waals surface area contributed by atoms with Gasteiger partial charge in [-0.15, -0.1) is 0 Å². The Balaban J connectivity index is 1.38. The van der Waals surface area contributed by atoms with Crippen molar-refractivity contribution in [2.24, 2.45) is 5.92 Å². The number of aromatic nitrogens is 2. The van der Waals surface area contributed by atoms with Crippen LogP contribution in [0.4, 0.5) is 11.5 Å². The molecule has 0 bridgehead atoms. The maximum absolute atomic E-state index is 5.25. The highest BCUT2D eigenvalue weighted by atomic mass is 16.5. The van der Waals surface area contributed by atoms with Gasteiger partial charge in [0.05, 0.1) is 18.0 Å². The van der Waals surface area contributed by atoms with Gasteiger partial charge in [-0.2, -0.15) is 0 Å². The van der Waals surface area contributed by atoms with Crippen LogP contribution in [0.2, 0.25) is 0 Å². The zero-order valence-corrected chi connectivity index (χ0v) is 20.1. The predicted molar refractivity (Wildman–Crippen MR) is 132 cm³/mol. The Morgan fingerprint density at radius 2 is 1.75 bits per heavy atom. The lowest BCUT2D eigenvalue weighted by Crippen LogP contribution is -2.42. The van der Waals surface area contributed by atoms with Crippen molar-refractivity contribution < 1.29 is 4.74 Å². The van der Waals surface area contributed by atoms with Gasteiger partial charge in [-0.25, -0.2) is 4.98 Å². The second-order valence-corrected chi connectivity index (χ2v) is 9.78. The van der Waals surface area contributed by atoms with Crippen LogP contribution in [0.15, 0.2) is 24.5 Å². The molecule has 2 aromatic rings. The summed E-state index contributed by atoms with van der Waals surface area (Å²) in [4.78, 5) is 9.34. The van der Waals surface area contributed by atoms with Gasteiger partial charge in [0.25, 0.3) is 0 Å². The highest BCUT2D eigenvalue weighted by molar-refractivity contribution is 5.72. The third kappa shape index (κ3) is 6.20. The number of rotatable bonds is 10. The second kappa shape index (κ2) is 10.6. The molecule has 0 aliphatic heterocycles. The van der Waals surface area contributed by atoms with Crippen LogP contribution in [0, 0.1) is 19.8 Å². The molecule has 2 fully saturated rings. The van der Waals surface area contributed by atoms with Crippen molar-refractivity contribution >= 4 is 11.5 Å². The molecular weight excluding hydrogens is 398 g/mol. The van der Waals surface area contributed by atoms with Crippen molar-refractivity contribution in [2.45, 2.75) is 77.4 Å². The van der Waals surface area contributed by atoms with E-state index in [9.17, 15) is 0 Å². The fourth-order valence-electron chi connectivity index (χ4n) is 4.66. The Bertz CT molecular complexity index is 890. The summed E-state index contributed by atoms with van der Waals surface area (Å²) in [5.74, 6) is 1.80. The van der Waals surface area contributed by atoms with Gasteiger partial charge in [0.2, 0.25) is 0 Å². The summed E-state index contributed by atoms with van der Waals surface area (Å²) in [5.41, 5.74) is 5.73. The third-order valence-electron chi connectivity index (χ3n) is 6.80. The minimum absolute atomic E-state index is 0.405. The van der Waals surface area contributed by atoms with Gasteiger partial charge in [-0.1, -0.05) is 0 Å². The van der Waals surface area contributed by atoms with Crippen LogP contribution >= 0.6 is 0 Å². The molecule has 0 radical (unpaired) electrons. The molecular formula is C26H39N5O. The lowest BCUT2D eigenvalue weighted by atomic mass is 9.90. The Morgan fingerprint density at radius 1 is 1.00 bits per heavy atom. The number of aryl methyl sites for hydroxylation is 2. The molecule has 2 saturated carbocycles. The van der Waals surface area contributed by atoms with Crippen LogP contribution in [-0.2, 0) is 4.74 Å². The normalized spacial score (nSPS) is 21.9. The molecule has 0 amide bonds. The number of pyridine rings is 2. The predicted octanol–water partition coefficient (Wildman–Crippen LogP) is 4.93. The van der Waals surface area contributed by atoms with E-state index in [2.05, 4.69) is 58.8 Å². The molecule has 0 spiro atoms. The van der Waals surface area contributed by atoms with Gasteiger partial charge in [0, 0.05) is 49.7 Å². The first kappa shape index (κ1) is 23.0. The molecule has 32 heavy (non-hydrogen) atoms. The molecule has 2 aliphatic carbocycles. The Kier molecular flexibility index (Phi) is 7.63. The van der Waals surface area contributed by atoms with E-state index in [0.717, 1.165) is 54.7 Å². The Hall–Kier alpha value is -2.18. The average Bonchev–Trinajstić information content (AvgIpc) is 3.61. The minimum atomic E-state index is 0.405. The molecule has 1 atom stereocenters. The molecule has 2 heterocycles. The number of ether oxygens (including phenoxy) is 1. The van der Waals surface area contributed by atoms with E-state index in [0.29, 0.717) is 18.1 Å². The first-order valence-corrected chi connectivity index (χ1v) is 12.2. The topological polar surface area (TPSA) is 71.1 Å². The van der Waals surface area contributed by atoms with E-state index in [1.54, 1.807) is 7.11 Å². The highest BCUT2D eigenvalue weighted by Gasteiger charge is 2.23. The van der Waals surface area contributed by atoms with Gasteiger partial charge in [0.15, 0.2) is 0 Å². The van der Waals surface area contributed by atoms with Crippen molar-refractivity contribution in [2.75, 3.05) is 30.9 Å². The fraction of sp³-hybridized carbons (Fsp3) is 0.615. The summed E-state index contributed by atoms with van der Waals surface area (Å²) in [6.07, 6.45) is 11.3. The van der Waals surface area contributed by atoms with Crippen molar-refractivity contribution in [3.8, 4) is 11.1 Å². The lowest BCUT2D eigenvalue weighted by molar-refractivity contribution is 0.161. The molecule has 2 aromatic heterocycles. The van der Waals surface area contributed by atoms with E-state index in [1.165, 1.54) is 36.8 Å². The smallest absolute Gasteiger partial charge is 0.126 e. The zero-order valence-electron chi connectivity index (χ0n) is 20.1. The number of hydrogen-bond acceptors (Lipinski definition) is 6. The molecule has 4 rings (SSSR count). The first-order valence-electron chi connectivity index (χ1n) is 12.2. The molecule has 6 nitrogen and oxygen atoms in total. The van der Waals surface area contributed by atoms with Gasteiger partial charge < -0.3 is 20.7 Å². The van der Waals surface area contributed by atoms with Crippen LogP contribution in [0.25, 0.3) is 11.1 Å². The SMILES string of the molecule is COC[C@H](C)NC1CCC(Nc2cc(-c3cnc(C)c(NCC4CC4)c3)c(C)cn2)CC1. The first-order chi connectivity index (χ1) is 15.5. The van der Waals surface area contributed by atoms with Gasteiger partial charge in [-0.3, -0.25) is 4.98 Å². The number of nitrogens with one attached hydrogen (secondary N) is 3. The van der Waals surface area contributed by atoms with E-state index >= 15 is 0 Å². The number of anilines is 2. The number of hydrogen-bond donors (Lipinski definition) is 3. The molecule has 0 saturated heterocycles. The number of nitrogens with zero attached hydrogens (tertiary/aromatic N) is 2. The zero-order chi connectivity index (χ0) is 22.5. The van der Waals surface area contributed by atoms with Crippen LogP contribution in [-0.4, -0.2) is 48.4 Å². The van der Waals surface area contributed by atoms with Gasteiger partial charge >= 0.3 is 0 Å². The average molecular weight is 438 g/mol. The van der Waals surface area contributed by atoms with Crippen LogP contribution < -0.4 is 16.0 Å². The summed E-state index contributed by atoms with van der Waals surface area (Å²) in [7, 11) is 1.76. The molecule has 6 heteroatoms. The van der Waals surface area contributed by atoms with Crippen molar-refractivity contribution in [1.29, 1.82) is 0 Å². The van der Waals surface area contributed by atoms with Crippen molar-refractivity contribution in [1.82, 2.24) is 15.3 Å². The van der Waals surface area contributed by atoms with Crippen LogP contribution in [0.3, 0.4) is 0 Å². The monoisotopic (exact) mass is 437 g/mol. The van der Waals surface area contributed by atoms with Gasteiger partial charge in [-0.05, 0) is 88.5 Å². The van der Waals surface area contributed by atoms with Crippen LogP contribution in [0.5, 0.6) is 0 Å². The third-order valence-corrected chi connectivity index (χ3v) is 6.80. The maximum Gasteiger partial charge on any atom is 0.126 e. The molecule has 3 N–H and O–H groups in total. The quantitative estimate of drug-likeness (QED) is 0.490. The summed E-state index contributed by atoms with van der Waals surface area (Å²) >= 11 is 0. The fourth-order valence-corrected chi connectivity index (χ4v) is 4.66. The summed E-state index contributed by atoms with van der Waals surface area (Å²) in [6, 6.07) is 5.90. The molecule has 2 aliphatic rings. The molecule has 0 aromatic carbocycles. The van der Waals surface area contributed by atoms with Crippen molar-refractivity contribution in [3.05, 3.63) is 35.8 Å². The largest absolute Gasteiger partial charge is 0.383 e. The Morgan fingerprint density at radius 3 is 2.47 bits per heavy atom. The van der Waals surface area contributed by atoms with E-state index in [-0.39, 0.29) is 0 Å². The summed E-state index contributed by atoms with van der Waals surface area (Å²) < 4.78 is 5.25. The van der Waals surface area contributed by atoms with E-state index < -0.39 is 0 Å². The molecule has 174 valence electrons. The van der Waals surface area contributed by atoms with E-state index in [4.69, 9.17) is 4.74 Å². The summed E-state index contributed by atoms with van der Waals surface area (Å²) in [5, 5.41) is 11.0. The minimum Gasteiger partial charge on any atom is -0.383 e. The molecule has 0 unspecified atom stereocenters. The highest BCUT2D eigenvalue weighted by Crippen LogP contribution is 2.32. The lowest BCUT2D eigenvalue weighted by Gasteiger charge is -2.32. The number of methoxy groups -OCH3 is 1.